The number of nitrogens with zero attached hydrogens (tertiary/aromatic N) is 2. The van der Waals surface area contributed by atoms with Crippen molar-refractivity contribution in [3.05, 3.63) is 26.5 Å². The third-order valence-electron chi connectivity index (χ3n) is 7.69. The summed E-state index contributed by atoms with van der Waals surface area (Å²) in [6.07, 6.45) is -3.28. The highest BCUT2D eigenvalue weighted by Gasteiger charge is 2.61. The minimum Gasteiger partial charge on any atom is -0.414 e. The van der Waals surface area contributed by atoms with E-state index in [0.29, 0.717) is 0 Å². The number of aliphatic hydroxyl groups excluding tert-OH is 1. The van der Waals surface area contributed by atoms with Gasteiger partial charge in [-0.3, -0.25) is 14.5 Å². The van der Waals surface area contributed by atoms with E-state index in [1.54, 1.807) is 7.05 Å². The van der Waals surface area contributed by atoms with Crippen molar-refractivity contribution in [2.45, 2.75) is 102 Å². The Kier molecular flexibility index (Phi) is 7.31. The zero-order chi connectivity index (χ0) is 26.7. The van der Waals surface area contributed by atoms with Gasteiger partial charge in [0.15, 0.2) is 0 Å². The number of ether oxygens (including phenoxy) is 1. The van der Waals surface area contributed by atoms with Crippen LogP contribution < -0.4 is 11.2 Å². The molecule has 0 radical (unpaired) electrons. The van der Waals surface area contributed by atoms with Gasteiger partial charge in [-0.25, -0.2) is 4.79 Å². The lowest BCUT2D eigenvalue weighted by molar-refractivity contribution is -0.0395. The SMILES string of the molecule is CC(C)[Si]1(C(C)C)OCC2OC(c3nn(C)c4c(=O)[nH]c(=O)[nH]c34)C(O)C2O[Si](C(C)C)(C(C)C)O1. The molecule has 2 aliphatic rings. The molecule has 3 N–H and O–H groups in total. The Labute approximate surface area is 213 Å². The zero-order valence-electron chi connectivity index (χ0n) is 22.6. The predicted molar refractivity (Wildman–Crippen MR) is 139 cm³/mol. The smallest absolute Gasteiger partial charge is 0.335 e. The molecular formula is C23H40N4O7Si2. The van der Waals surface area contributed by atoms with Crippen LogP contribution in [0.2, 0.25) is 22.2 Å². The van der Waals surface area contributed by atoms with E-state index < -0.39 is 52.8 Å². The summed E-state index contributed by atoms with van der Waals surface area (Å²) >= 11 is 0. The normalized spacial score (nSPS) is 28.3. The molecule has 11 nitrogen and oxygen atoms in total. The molecule has 2 fully saturated rings. The van der Waals surface area contributed by atoms with Gasteiger partial charge in [-0.15, -0.1) is 0 Å². The van der Waals surface area contributed by atoms with Crippen LogP contribution in [0.3, 0.4) is 0 Å². The van der Waals surface area contributed by atoms with Crippen molar-refractivity contribution in [1.82, 2.24) is 19.7 Å². The van der Waals surface area contributed by atoms with Gasteiger partial charge >= 0.3 is 22.8 Å². The van der Waals surface area contributed by atoms with Gasteiger partial charge in [0, 0.05) is 7.05 Å². The molecule has 0 aromatic carbocycles. The van der Waals surface area contributed by atoms with E-state index in [9.17, 15) is 14.7 Å². The molecule has 4 rings (SSSR count). The molecule has 4 atom stereocenters. The fourth-order valence-electron chi connectivity index (χ4n) is 5.82. The van der Waals surface area contributed by atoms with Crippen molar-refractivity contribution < 1.29 is 22.8 Å². The molecule has 2 aromatic rings. The Hall–Kier alpha value is -1.62. The van der Waals surface area contributed by atoms with Gasteiger partial charge in [-0.2, -0.15) is 5.10 Å². The molecule has 13 heteroatoms. The molecular weight excluding hydrogens is 500 g/mol. The average molecular weight is 541 g/mol. The van der Waals surface area contributed by atoms with Gasteiger partial charge in [0.1, 0.15) is 35.6 Å². The lowest BCUT2D eigenvalue weighted by atomic mass is 10.1. The molecule has 202 valence electrons. The van der Waals surface area contributed by atoms with Crippen LogP contribution in [0, 0.1) is 0 Å². The highest BCUT2D eigenvalue weighted by atomic mass is 28.5. The highest BCUT2D eigenvalue weighted by Crippen LogP contribution is 2.49. The van der Waals surface area contributed by atoms with Gasteiger partial charge < -0.3 is 27.8 Å². The molecule has 36 heavy (non-hydrogen) atoms. The minimum absolute atomic E-state index is 0.0982. The number of hydrogen-bond donors (Lipinski definition) is 3. The van der Waals surface area contributed by atoms with E-state index >= 15 is 0 Å². The first-order valence-electron chi connectivity index (χ1n) is 12.8. The van der Waals surface area contributed by atoms with Crippen LogP contribution in [0.25, 0.3) is 11.0 Å². The minimum atomic E-state index is -2.95. The molecule has 2 saturated heterocycles. The first kappa shape index (κ1) is 27.4. The standard InChI is InChI=1S/C23H40N4O7Si2/c1-11(2)35(12(3)4)31-10-15-20(33-36(34-35,13(5)6)14(7)8)19(28)21(32-15)17-16-18(27(9)26-17)22(29)25-23(30)24-16/h11-15,19-21,28H,10H2,1-9H3,(H2,24,25,29,30). The van der Waals surface area contributed by atoms with Gasteiger partial charge in [0.05, 0.1) is 12.1 Å². The molecule has 4 unspecified atom stereocenters. The van der Waals surface area contributed by atoms with Crippen molar-refractivity contribution >= 4 is 28.2 Å². The van der Waals surface area contributed by atoms with Crippen molar-refractivity contribution in [1.29, 1.82) is 0 Å². The number of aromatic amines is 2. The second kappa shape index (κ2) is 9.60. The zero-order valence-corrected chi connectivity index (χ0v) is 24.6. The van der Waals surface area contributed by atoms with E-state index in [0.717, 1.165) is 0 Å². The number of aliphatic hydroxyl groups is 1. The summed E-state index contributed by atoms with van der Waals surface area (Å²) in [5, 5.41) is 16.0. The van der Waals surface area contributed by atoms with Crippen LogP contribution in [0.1, 0.15) is 67.2 Å². The Bertz CT molecular complexity index is 1210. The van der Waals surface area contributed by atoms with Crippen LogP contribution in [0.15, 0.2) is 9.59 Å². The fraction of sp³-hybridized carbons (Fsp3) is 0.783. The summed E-state index contributed by atoms with van der Waals surface area (Å²) in [4.78, 5) is 29.3. The summed E-state index contributed by atoms with van der Waals surface area (Å²) in [5.74, 6) is 0. The number of nitrogens with one attached hydrogen (secondary N) is 2. The molecule has 0 bridgehead atoms. The number of hydrogen-bond acceptors (Lipinski definition) is 8. The lowest BCUT2D eigenvalue weighted by Gasteiger charge is -2.51. The molecule has 0 saturated carbocycles. The Morgan fingerprint density at radius 2 is 1.56 bits per heavy atom. The summed E-state index contributed by atoms with van der Waals surface area (Å²) in [7, 11) is -4.09. The summed E-state index contributed by atoms with van der Waals surface area (Å²) in [6.45, 7) is 17.3. The highest BCUT2D eigenvalue weighted by molar-refractivity contribution is 6.84. The molecule has 2 aromatic heterocycles. The third kappa shape index (κ3) is 4.18. The van der Waals surface area contributed by atoms with Crippen LogP contribution in [0.5, 0.6) is 0 Å². The van der Waals surface area contributed by atoms with Crippen molar-refractivity contribution in [3.63, 3.8) is 0 Å². The van der Waals surface area contributed by atoms with Crippen molar-refractivity contribution in [3.8, 4) is 0 Å². The molecule has 0 aliphatic carbocycles. The van der Waals surface area contributed by atoms with Gasteiger partial charge in [0.25, 0.3) is 5.56 Å². The van der Waals surface area contributed by atoms with Crippen LogP contribution in [0.4, 0.5) is 0 Å². The molecule has 2 aliphatic heterocycles. The third-order valence-corrected chi connectivity index (χ3v) is 17.9. The quantitative estimate of drug-likeness (QED) is 0.492. The summed E-state index contributed by atoms with van der Waals surface area (Å²) in [6, 6.07) is 0. The first-order valence-corrected chi connectivity index (χ1v) is 16.7. The molecule has 0 amide bonds. The van der Waals surface area contributed by atoms with Crippen LogP contribution in [-0.2, 0) is 24.8 Å². The van der Waals surface area contributed by atoms with E-state index in [2.05, 4.69) is 70.5 Å². The average Bonchev–Trinajstić information content (AvgIpc) is 3.23. The van der Waals surface area contributed by atoms with Crippen molar-refractivity contribution in [2.24, 2.45) is 7.05 Å². The second-order valence-electron chi connectivity index (χ2n) is 11.3. The summed E-state index contributed by atoms with van der Waals surface area (Å²) < 4.78 is 28.6. The number of fused-ring (bicyclic) bond motifs is 2. The number of rotatable bonds is 5. The van der Waals surface area contributed by atoms with Gasteiger partial charge in [-0.1, -0.05) is 55.4 Å². The monoisotopic (exact) mass is 540 g/mol. The Balaban J connectivity index is 1.82. The van der Waals surface area contributed by atoms with Crippen molar-refractivity contribution in [2.75, 3.05) is 6.61 Å². The van der Waals surface area contributed by atoms with Gasteiger partial charge in [0.2, 0.25) is 0 Å². The second-order valence-corrected chi connectivity index (χ2v) is 20.1. The van der Waals surface area contributed by atoms with Crippen LogP contribution in [-0.4, -0.2) is 66.9 Å². The van der Waals surface area contributed by atoms with E-state index in [-0.39, 0.29) is 45.5 Å². The van der Waals surface area contributed by atoms with Crippen LogP contribution >= 0.6 is 0 Å². The molecule has 4 heterocycles. The number of H-pyrrole nitrogens is 2. The number of aromatic nitrogens is 4. The maximum atomic E-state index is 12.4. The number of aryl methyl sites for hydroxylation is 1. The topological polar surface area (TPSA) is 141 Å². The maximum absolute atomic E-state index is 12.4. The first-order chi connectivity index (χ1) is 16.7. The maximum Gasteiger partial charge on any atom is 0.335 e. The predicted octanol–water partition coefficient (Wildman–Crippen LogP) is 2.71. The largest absolute Gasteiger partial charge is 0.414 e. The van der Waals surface area contributed by atoms with E-state index in [4.69, 9.17) is 17.7 Å². The lowest BCUT2D eigenvalue weighted by Crippen LogP contribution is -2.65. The van der Waals surface area contributed by atoms with E-state index in [1.807, 2.05) is 0 Å². The van der Waals surface area contributed by atoms with E-state index in [1.165, 1.54) is 4.68 Å². The Morgan fingerprint density at radius 3 is 2.11 bits per heavy atom. The summed E-state index contributed by atoms with van der Waals surface area (Å²) in [5.41, 5.74) is 0.0806. The Morgan fingerprint density at radius 1 is 0.972 bits per heavy atom. The fourth-order valence-corrected chi connectivity index (χ4v) is 17.0. The van der Waals surface area contributed by atoms with Gasteiger partial charge in [-0.05, 0) is 22.2 Å². The molecule has 0 spiro atoms.